The zero-order chi connectivity index (χ0) is 59.0. The number of carbonyl (C=O) groups is 11. The summed E-state index contributed by atoms with van der Waals surface area (Å²) in [4.78, 5) is 149. The average Bonchev–Trinajstić information content (AvgIpc) is 3.32. The number of carboxylic acid groups (broad SMARTS) is 3. The van der Waals surface area contributed by atoms with E-state index in [1.807, 2.05) is 0 Å². The number of benzene rings is 1. The predicted molar refractivity (Wildman–Crippen MR) is 271 cm³/mol. The Morgan fingerprint density at radius 1 is 0.519 bits per heavy atom. The minimum atomic E-state index is -1.99. The van der Waals surface area contributed by atoms with E-state index in [4.69, 9.17) is 17.2 Å². The molecular weight excluding hydrogens is 1020 g/mol. The van der Waals surface area contributed by atoms with Crippen molar-refractivity contribution in [1.29, 1.82) is 0 Å². The lowest BCUT2D eigenvalue weighted by atomic mass is 10.0. The molecule has 0 aliphatic rings. The molecule has 1 aromatic rings. The Kier molecular flexibility index (Phi) is 28.6. The number of phenolic OH excluding ortho intramolecular Hbond substituents is 1. The average molecular weight is 1100 g/mol. The highest BCUT2D eigenvalue weighted by atomic mass is 16.4. The summed E-state index contributed by atoms with van der Waals surface area (Å²) in [5.74, 6) is -15.1. The molecule has 30 heteroatoms. The molecule has 0 saturated carbocycles. The van der Waals surface area contributed by atoms with Crippen LogP contribution in [0.2, 0.25) is 0 Å². The number of aliphatic carboxylic acids is 3. The summed E-state index contributed by atoms with van der Waals surface area (Å²) in [5, 5.41) is 88.3. The molecule has 0 aliphatic heterocycles. The third-order valence-corrected chi connectivity index (χ3v) is 11.4. The number of carbonyl (C=O) groups excluding carboxylic acids is 8. The van der Waals surface area contributed by atoms with E-state index in [0.717, 1.165) is 13.8 Å². The van der Waals surface area contributed by atoms with Crippen LogP contribution in [0.5, 0.6) is 5.75 Å². The molecule has 0 radical (unpaired) electrons. The van der Waals surface area contributed by atoms with Gasteiger partial charge in [0.2, 0.25) is 47.3 Å². The number of nitrogens with zero attached hydrogens (tertiary/aromatic N) is 1. The minimum absolute atomic E-state index is 0.0224. The molecule has 77 heavy (non-hydrogen) atoms. The van der Waals surface area contributed by atoms with Gasteiger partial charge in [0, 0.05) is 19.4 Å². The third kappa shape index (κ3) is 24.7. The fourth-order valence-electron chi connectivity index (χ4n) is 7.11. The zero-order valence-electron chi connectivity index (χ0n) is 43.8. The van der Waals surface area contributed by atoms with Gasteiger partial charge >= 0.3 is 17.9 Å². The Morgan fingerprint density at radius 3 is 1.43 bits per heavy atom. The highest BCUT2D eigenvalue weighted by molar-refractivity contribution is 5.99. The van der Waals surface area contributed by atoms with Gasteiger partial charge in [-0.3, -0.25) is 52.9 Å². The molecule has 21 N–H and O–H groups in total. The van der Waals surface area contributed by atoms with E-state index in [1.54, 1.807) is 13.8 Å². The molecule has 0 aromatic heterocycles. The fraction of sp³-hybridized carbons (Fsp3) is 0.617. The quantitative estimate of drug-likeness (QED) is 0.0174. The number of guanidine groups is 1. The molecule has 8 amide bonds. The maximum absolute atomic E-state index is 14.2. The number of aliphatic hydroxyl groups is 3. The largest absolute Gasteiger partial charge is 0.508 e. The molecule has 1 aromatic carbocycles. The number of aliphatic hydroxyl groups excluding tert-OH is 3. The summed E-state index contributed by atoms with van der Waals surface area (Å²) < 4.78 is 0. The number of phenols is 1. The minimum Gasteiger partial charge on any atom is -0.508 e. The van der Waals surface area contributed by atoms with Crippen LogP contribution in [0.1, 0.15) is 92.6 Å². The number of nitrogens with one attached hydrogen (secondary N) is 8. The summed E-state index contributed by atoms with van der Waals surface area (Å²) in [7, 11) is 0. The van der Waals surface area contributed by atoms with Crippen molar-refractivity contribution in [1.82, 2.24) is 42.5 Å². The Morgan fingerprint density at radius 2 is 0.948 bits per heavy atom. The van der Waals surface area contributed by atoms with Crippen LogP contribution in [-0.2, 0) is 59.2 Å². The first-order chi connectivity index (χ1) is 35.7. The molecule has 0 fully saturated rings. The summed E-state index contributed by atoms with van der Waals surface area (Å²) in [6.45, 7) is 9.72. The van der Waals surface area contributed by atoms with Crippen LogP contribution >= 0.6 is 0 Å². The molecule has 1 rings (SSSR count). The first-order valence-electron chi connectivity index (χ1n) is 24.5. The van der Waals surface area contributed by atoms with Crippen molar-refractivity contribution < 1.29 is 88.5 Å². The van der Waals surface area contributed by atoms with E-state index >= 15 is 0 Å². The van der Waals surface area contributed by atoms with Gasteiger partial charge in [-0.15, -0.1) is 0 Å². The van der Waals surface area contributed by atoms with E-state index in [-0.39, 0.29) is 49.0 Å². The number of hydrogen-bond donors (Lipinski definition) is 18. The van der Waals surface area contributed by atoms with Crippen LogP contribution in [0.3, 0.4) is 0 Å². The van der Waals surface area contributed by atoms with Crippen LogP contribution in [0.15, 0.2) is 29.3 Å². The standard InChI is InChI=1S/C47H76N12O18/c1-20(2)17-29(56-43(73)34(48)22(5)60)40(70)55-31(19-33(66)67)41(71)52-28(14-15-32(64)65)38(68)54-30(18-25-10-12-26(63)13-11-25)42(72)58-37(24(7)62)45(75)59-36(23(6)61)44(74)53-27(9-8-16-51-47(49)50)39(69)57-35(21(3)4)46(76)77/h10-13,20-24,27-31,34-37,60-63H,8-9,14-19,48H2,1-7H3,(H,52,71)(H,53,74)(H,54,68)(H,55,70)(H,56,73)(H,57,69)(H,58,72)(H,59,75)(H,64,65)(H,66,67)(H,76,77)(H4,49,50,51)/t22-,23-,24-,27+,28+,29+,30+,31+,34+,35+,36+,37+/m1/s1. The molecular formula is C47H76N12O18. The summed E-state index contributed by atoms with van der Waals surface area (Å²) in [5.41, 5.74) is 16.7. The number of amides is 8. The van der Waals surface area contributed by atoms with Crippen LogP contribution < -0.4 is 59.7 Å². The Labute approximate surface area is 443 Å². The molecule has 0 unspecified atom stereocenters. The van der Waals surface area contributed by atoms with Gasteiger partial charge in [-0.05, 0) is 76.0 Å². The van der Waals surface area contributed by atoms with Gasteiger partial charge in [-0.2, -0.15) is 0 Å². The maximum atomic E-state index is 14.2. The SMILES string of the molecule is CC(C)C[C@H](NC(=O)[C@@H](N)[C@@H](C)O)C(=O)N[C@@H](CC(=O)O)C(=O)N[C@@H](CCC(=O)O)C(=O)N[C@@H](Cc1ccc(O)cc1)C(=O)N[C@H](C(=O)N[C@H](C(=O)N[C@@H](CCCN=C(N)N)C(=O)N[C@H](C(=O)O)C(C)C)[C@@H](C)O)[C@@H](C)O. The van der Waals surface area contributed by atoms with Crippen molar-refractivity contribution >= 4 is 71.1 Å². The zero-order valence-corrected chi connectivity index (χ0v) is 43.8. The van der Waals surface area contributed by atoms with E-state index in [1.165, 1.54) is 45.0 Å². The number of hydrogen-bond acceptors (Lipinski definition) is 17. The second-order valence-electron chi connectivity index (χ2n) is 19.1. The summed E-state index contributed by atoms with van der Waals surface area (Å²) in [6, 6.07) is -10.2. The lowest BCUT2D eigenvalue weighted by Crippen LogP contribution is -2.63. The van der Waals surface area contributed by atoms with Crippen molar-refractivity contribution in [3.63, 3.8) is 0 Å². The fourth-order valence-corrected chi connectivity index (χ4v) is 7.11. The van der Waals surface area contributed by atoms with E-state index in [2.05, 4.69) is 47.5 Å². The highest BCUT2D eigenvalue weighted by Crippen LogP contribution is 2.14. The lowest BCUT2D eigenvalue weighted by molar-refractivity contribution is -0.144. The van der Waals surface area contributed by atoms with Gasteiger partial charge in [0.15, 0.2) is 5.96 Å². The first-order valence-corrected chi connectivity index (χ1v) is 24.5. The lowest BCUT2D eigenvalue weighted by Gasteiger charge is -2.29. The second-order valence-corrected chi connectivity index (χ2v) is 19.1. The van der Waals surface area contributed by atoms with Gasteiger partial charge in [0.1, 0.15) is 60.1 Å². The molecule has 432 valence electrons. The van der Waals surface area contributed by atoms with Gasteiger partial charge in [0.25, 0.3) is 0 Å². The van der Waals surface area contributed by atoms with Crippen LogP contribution in [0.25, 0.3) is 0 Å². The topological polar surface area (TPSA) is 516 Å². The summed E-state index contributed by atoms with van der Waals surface area (Å²) >= 11 is 0. The van der Waals surface area contributed by atoms with Gasteiger partial charge < -0.3 is 95.5 Å². The van der Waals surface area contributed by atoms with Crippen LogP contribution in [0.4, 0.5) is 0 Å². The first kappa shape index (κ1) is 67.3. The van der Waals surface area contributed by atoms with E-state index in [0.29, 0.717) is 0 Å². The molecule has 12 atom stereocenters. The van der Waals surface area contributed by atoms with Crippen molar-refractivity contribution in [3.05, 3.63) is 29.8 Å². The number of carboxylic acids is 3. The van der Waals surface area contributed by atoms with Gasteiger partial charge in [0.05, 0.1) is 24.7 Å². The molecule has 0 bridgehead atoms. The van der Waals surface area contributed by atoms with Crippen molar-refractivity contribution in [2.24, 2.45) is 34.0 Å². The summed E-state index contributed by atoms with van der Waals surface area (Å²) in [6.07, 6.45) is -8.11. The van der Waals surface area contributed by atoms with E-state index < -0.39 is 169 Å². The van der Waals surface area contributed by atoms with Crippen molar-refractivity contribution in [2.75, 3.05) is 6.54 Å². The third-order valence-electron chi connectivity index (χ3n) is 11.4. The van der Waals surface area contributed by atoms with E-state index in [9.17, 15) is 88.5 Å². The molecule has 30 nitrogen and oxygen atoms in total. The Hall–Kier alpha value is -7.70. The molecule has 0 spiro atoms. The van der Waals surface area contributed by atoms with Gasteiger partial charge in [-0.25, -0.2) is 4.79 Å². The Balaban J connectivity index is 3.63. The smallest absolute Gasteiger partial charge is 0.326 e. The van der Waals surface area contributed by atoms with Crippen LogP contribution in [-0.4, -0.2) is 186 Å². The number of aliphatic imine (C=N–C) groups is 1. The van der Waals surface area contributed by atoms with Crippen molar-refractivity contribution in [3.8, 4) is 5.75 Å². The number of nitrogens with two attached hydrogens (primary N) is 3. The predicted octanol–water partition coefficient (Wildman–Crippen LogP) is -5.54. The highest BCUT2D eigenvalue weighted by Gasteiger charge is 2.38. The molecule has 0 saturated heterocycles. The monoisotopic (exact) mass is 1100 g/mol. The van der Waals surface area contributed by atoms with Crippen molar-refractivity contribution in [2.45, 2.75) is 166 Å². The normalized spacial score (nSPS) is 15.9. The second kappa shape index (κ2) is 32.7. The number of rotatable bonds is 34. The number of aromatic hydroxyl groups is 1. The van der Waals surface area contributed by atoms with Crippen LogP contribution in [0, 0.1) is 11.8 Å². The molecule has 0 aliphatic carbocycles. The van der Waals surface area contributed by atoms with Gasteiger partial charge in [-0.1, -0.05) is 39.8 Å². The molecule has 0 heterocycles. The Bertz CT molecular complexity index is 2240. The maximum Gasteiger partial charge on any atom is 0.326 e.